The van der Waals surface area contributed by atoms with Crippen LogP contribution in [-0.2, 0) is 4.79 Å². The number of hydrogen-bond donors (Lipinski definition) is 3. The molecule has 2 rings (SSSR count). The highest BCUT2D eigenvalue weighted by atomic mass is 35.5. The van der Waals surface area contributed by atoms with Gasteiger partial charge in [-0.1, -0.05) is 11.6 Å². The molecule has 1 saturated carbocycles. The summed E-state index contributed by atoms with van der Waals surface area (Å²) in [4.78, 5) is 22.9. The summed E-state index contributed by atoms with van der Waals surface area (Å²) in [6.45, 7) is 1.69. The zero-order chi connectivity index (χ0) is 14.2. The van der Waals surface area contributed by atoms with E-state index < -0.39 is 11.5 Å². The van der Waals surface area contributed by atoms with Crippen LogP contribution in [0, 0.1) is 5.92 Å². The molecule has 1 aromatic carbocycles. The number of rotatable bonds is 4. The van der Waals surface area contributed by atoms with E-state index in [1.54, 1.807) is 6.92 Å². The summed E-state index contributed by atoms with van der Waals surface area (Å²) in [5.74, 6) is -1.18. The Bertz CT molecular complexity index is 539. The molecule has 0 spiro atoms. The summed E-state index contributed by atoms with van der Waals surface area (Å²) in [7, 11) is 0. The summed E-state index contributed by atoms with van der Waals surface area (Å²) >= 11 is 5.94. The summed E-state index contributed by atoms with van der Waals surface area (Å²) in [6, 6.07) is 4.14. The van der Waals surface area contributed by atoms with Gasteiger partial charge in [-0.05, 0) is 43.9 Å². The normalized spacial score (nSPS) is 17.6. The minimum absolute atomic E-state index is 0.0701. The first-order valence-electron chi connectivity index (χ1n) is 5.95. The number of benzene rings is 1. The molecule has 19 heavy (non-hydrogen) atoms. The fraction of sp³-hybridized carbons (Fsp3) is 0.385. The van der Waals surface area contributed by atoms with Gasteiger partial charge in [-0.2, -0.15) is 0 Å². The third-order valence-corrected chi connectivity index (χ3v) is 3.69. The van der Waals surface area contributed by atoms with E-state index in [9.17, 15) is 9.59 Å². The van der Waals surface area contributed by atoms with Crippen LogP contribution in [0.1, 0.15) is 30.1 Å². The molecule has 1 aromatic rings. The van der Waals surface area contributed by atoms with Crippen molar-refractivity contribution in [1.82, 2.24) is 0 Å². The number of nitrogens with two attached hydrogens (primary N) is 1. The highest BCUT2D eigenvalue weighted by Gasteiger charge is 2.44. The topological polar surface area (TPSA) is 92.4 Å². The number of hydrogen-bond acceptors (Lipinski definition) is 3. The maximum Gasteiger partial charge on any atom is 0.335 e. The number of carboxylic acid groups (broad SMARTS) is 1. The molecule has 0 heterocycles. The molecule has 0 aromatic heterocycles. The van der Waals surface area contributed by atoms with E-state index in [2.05, 4.69) is 5.32 Å². The number of halogens is 1. The van der Waals surface area contributed by atoms with Gasteiger partial charge in [0.25, 0.3) is 0 Å². The molecule has 0 bridgehead atoms. The third-order valence-electron chi connectivity index (χ3n) is 3.38. The van der Waals surface area contributed by atoms with Gasteiger partial charge in [0.1, 0.15) is 0 Å². The first-order chi connectivity index (χ1) is 8.82. The number of carbonyl (C=O) groups excluding carboxylic acids is 1. The number of anilines is 1. The summed E-state index contributed by atoms with van der Waals surface area (Å²) in [6.07, 6.45) is 1.90. The summed E-state index contributed by atoms with van der Waals surface area (Å²) in [5, 5.41) is 11.7. The lowest BCUT2D eigenvalue weighted by atomic mass is 9.96. The van der Waals surface area contributed by atoms with Crippen molar-refractivity contribution >= 4 is 29.2 Å². The van der Waals surface area contributed by atoms with E-state index >= 15 is 0 Å². The number of carbonyl (C=O) groups is 2. The van der Waals surface area contributed by atoms with Gasteiger partial charge in [-0.3, -0.25) is 4.79 Å². The van der Waals surface area contributed by atoms with Crippen LogP contribution in [-0.4, -0.2) is 22.5 Å². The standard InChI is InChI=1S/C13H15ClN2O3/c1-13(15,8-3-4-8)12(19)16-10-5-2-7(11(17)18)6-9(10)14/h2,5-6,8H,3-4,15H2,1H3,(H,16,19)(H,17,18). The third kappa shape index (κ3) is 2.88. The molecule has 1 aliphatic rings. The lowest BCUT2D eigenvalue weighted by Gasteiger charge is -2.23. The van der Waals surface area contributed by atoms with Gasteiger partial charge < -0.3 is 16.2 Å². The smallest absolute Gasteiger partial charge is 0.335 e. The van der Waals surface area contributed by atoms with Crippen molar-refractivity contribution in [3.8, 4) is 0 Å². The quantitative estimate of drug-likeness (QED) is 0.788. The van der Waals surface area contributed by atoms with Crippen LogP contribution in [0.3, 0.4) is 0 Å². The molecule has 0 radical (unpaired) electrons. The lowest BCUT2D eigenvalue weighted by molar-refractivity contribution is -0.121. The Labute approximate surface area is 115 Å². The zero-order valence-electron chi connectivity index (χ0n) is 10.4. The molecule has 4 N–H and O–H groups in total. The van der Waals surface area contributed by atoms with Crippen LogP contribution in [0.2, 0.25) is 5.02 Å². The first-order valence-corrected chi connectivity index (χ1v) is 6.33. The molecule has 1 unspecified atom stereocenters. The van der Waals surface area contributed by atoms with Gasteiger partial charge in [-0.15, -0.1) is 0 Å². The number of aromatic carboxylic acids is 1. The molecule has 6 heteroatoms. The second kappa shape index (κ2) is 4.83. The van der Waals surface area contributed by atoms with Crippen molar-refractivity contribution in [2.24, 2.45) is 11.7 Å². The fourth-order valence-electron chi connectivity index (χ4n) is 1.87. The highest BCUT2D eigenvalue weighted by molar-refractivity contribution is 6.34. The van der Waals surface area contributed by atoms with Crippen molar-refractivity contribution in [1.29, 1.82) is 0 Å². The van der Waals surface area contributed by atoms with E-state index in [0.717, 1.165) is 12.8 Å². The van der Waals surface area contributed by atoms with Gasteiger partial charge >= 0.3 is 5.97 Å². The van der Waals surface area contributed by atoms with Gasteiger partial charge in [0.05, 0.1) is 21.8 Å². The van der Waals surface area contributed by atoms with E-state index in [-0.39, 0.29) is 22.4 Å². The monoisotopic (exact) mass is 282 g/mol. The van der Waals surface area contributed by atoms with Gasteiger partial charge in [0.15, 0.2) is 0 Å². The second-order valence-electron chi connectivity index (χ2n) is 5.01. The summed E-state index contributed by atoms with van der Waals surface area (Å²) in [5.41, 5.74) is 5.51. The van der Waals surface area contributed by atoms with Crippen molar-refractivity contribution < 1.29 is 14.7 Å². The summed E-state index contributed by atoms with van der Waals surface area (Å²) < 4.78 is 0. The fourth-order valence-corrected chi connectivity index (χ4v) is 2.10. The van der Waals surface area contributed by atoms with Crippen LogP contribution >= 0.6 is 11.6 Å². The molecule has 102 valence electrons. The predicted molar refractivity (Wildman–Crippen MR) is 72.4 cm³/mol. The Morgan fingerprint density at radius 2 is 2.11 bits per heavy atom. The Balaban J connectivity index is 2.15. The van der Waals surface area contributed by atoms with E-state index in [1.807, 2.05) is 0 Å². The van der Waals surface area contributed by atoms with Crippen LogP contribution in [0.25, 0.3) is 0 Å². The van der Waals surface area contributed by atoms with Crippen molar-refractivity contribution in [2.75, 3.05) is 5.32 Å². The number of carboxylic acids is 1. The molecular formula is C13H15ClN2O3. The predicted octanol–water partition coefficient (Wildman–Crippen LogP) is 2.10. The SMILES string of the molecule is CC(N)(C(=O)Nc1ccc(C(=O)O)cc1Cl)C1CC1. The maximum absolute atomic E-state index is 12.1. The molecule has 1 amide bonds. The minimum Gasteiger partial charge on any atom is -0.478 e. The Kier molecular flexibility index (Phi) is 3.52. The van der Waals surface area contributed by atoms with Crippen molar-refractivity contribution in [3.05, 3.63) is 28.8 Å². The molecular weight excluding hydrogens is 268 g/mol. The Morgan fingerprint density at radius 3 is 2.58 bits per heavy atom. The van der Waals surface area contributed by atoms with Crippen LogP contribution in [0.15, 0.2) is 18.2 Å². The molecule has 5 nitrogen and oxygen atoms in total. The lowest BCUT2D eigenvalue weighted by Crippen LogP contribution is -2.50. The van der Waals surface area contributed by atoms with Crippen molar-refractivity contribution in [3.63, 3.8) is 0 Å². The number of nitrogens with one attached hydrogen (secondary N) is 1. The zero-order valence-corrected chi connectivity index (χ0v) is 11.2. The average Bonchev–Trinajstić information content (AvgIpc) is 3.15. The van der Waals surface area contributed by atoms with Gasteiger partial charge in [-0.25, -0.2) is 4.79 Å². The largest absolute Gasteiger partial charge is 0.478 e. The van der Waals surface area contributed by atoms with E-state index in [4.69, 9.17) is 22.4 Å². The van der Waals surface area contributed by atoms with Crippen LogP contribution < -0.4 is 11.1 Å². The second-order valence-corrected chi connectivity index (χ2v) is 5.42. The molecule has 1 atom stereocenters. The van der Waals surface area contributed by atoms with Crippen LogP contribution in [0.4, 0.5) is 5.69 Å². The Hall–Kier alpha value is -1.59. The van der Waals surface area contributed by atoms with Gasteiger partial charge in [0, 0.05) is 0 Å². The molecule has 0 aliphatic heterocycles. The van der Waals surface area contributed by atoms with E-state index in [0.29, 0.717) is 5.69 Å². The van der Waals surface area contributed by atoms with E-state index in [1.165, 1.54) is 18.2 Å². The van der Waals surface area contributed by atoms with Crippen LogP contribution in [0.5, 0.6) is 0 Å². The molecule has 0 saturated heterocycles. The number of amides is 1. The minimum atomic E-state index is -1.07. The highest BCUT2D eigenvalue weighted by Crippen LogP contribution is 2.38. The molecule has 1 aliphatic carbocycles. The average molecular weight is 283 g/mol. The van der Waals surface area contributed by atoms with Crippen molar-refractivity contribution in [2.45, 2.75) is 25.3 Å². The van der Waals surface area contributed by atoms with Gasteiger partial charge in [0.2, 0.25) is 5.91 Å². The molecule has 1 fully saturated rings. The first kappa shape index (κ1) is 13.8. The Morgan fingerprint density at radius 1 is 1.47 bits per heavy atom. The maximum atomic E-state index is 12.1.